The van der Waals surface area contributed by atoms with Crippen molar-refractivity contribution in [3.8, 4) is 0 Å². The first kappa shape index (κ1) is 14.9. The van der Waals surface area contributed by atoms with Crippen molar-refractivity contribution in [2.45, 2.75) is 25.8 Å². The normalized spacial score (nSPS) is 20.0. The van der Waals surface area contributed by atoms with Gasteiger partial charge >= 0.3 is 0 Å². The molecule has 2 aliphatic rings. The van der Waals surface area contributed by atoms with Crippen LogP contribution in [0.5, 0.6) is 0 Å². The molecule has 4 rings (SSSR count). The summed E-state index contributed by atoms with van der Waals surface area (Å²) in [5.41, 5.74) is 1.90. The lowest BCUT2D eigenvalue weighted by molar-refractivity contribution is -0.121. The first-order chi connectivity index (χ1) is 11.5. The fourth-order valence-electron chi connectivity index (χ4n) is 2.91. The molecule has 2 aromatic rings. The minimum absolute atomic E-state index is 0.118. The molecular weight excluding hydrogens is 330 g/mol. The average Bonchev–Trinajstić information content (AvgIpc) is 3.10. The molecule has 2 amide bonds. The van der Waals surface area contributed by atoms with Crippen molar-refractivity contribution in [1.82, 2.24) is 14.8 Å². The Hall–Kier alpha value is -2.67. The number of benzene rings is 1. The summed E-state index contributed by atoms with van der Waals surface area (Å²) >= 11 is 5.96. The number of imide groups is 1. The van der Waals surface area contributed by atoms with Crippen molar-refractivity contribution in [2.24, 2.45) is 0 Å². The fourth-order valence-corrected chi connectivity index (χ4v) is 3.03. The van der Waals surface area contributed by atoms with Gasteiger partial charge in [-0.15, -0.1) is 5.10 Å². The van der Waals surface area contributed by atoms with E-state index in [2.05, 4.69) is 15.4 Å². The van der Waals surface area contributed by atoms with E-state index in [0.717, 1.165) is 16.2 Å². The van der Waals surface area contributed by atoms with Crippen LogP contribution in [-0.4, -0.2) is 26.6 Å². The van der Waals surface area contributed by atoms with Gasteiger partial charge in [0.2, 0.25) is 17.8 Å². The van der Waals surface area contributed by atoms with E-state index in [0.29, 0.717) is 11.0 Å². The number of aromatic nitrogens is 3. The van der Waals surface area contributed by atoms with Crippen LogP contribution < -0.4 is 10.2 Å². The third-order valence-corrected chi connectivity index (χ3v) is 4.32. The van der Waals surface area contributed by atoms with Gasteiger partial charge in [0, 0.05) is 23.6 Å². The third-order valence-electron chi connectivity index (χ3n) is 4.06. The van der Waals surface area contributed by atoms with Crippen LogP contribution in [0.15, 0.2) is 36.0 Å². The van der Waals surface area contributed by atoms with Gasteiger partial charge in [-0.2, -0.15) is 4.98 Å². The van der Waals surface area contributed by atoms with Gasteiger partial charge in [-0.3, -0.25) is 9.59 Å². The molecular formula is C16H14ClN5O2. The third kappa shape index (κ3) is 2.37. The molecule has 0 bridgehead atoms. The number of rotatable bonds is 2. The van der Waals surface area contributed by atoms with E-state index in [-0.39, 0.29) is 36.6 Å². The van der Waals surface area contributed by atoms with Crippen LogP contribution >= 0.6 is 11.6 Å². The average molecular weight is 344 g/mol. The number of nitrogens with one attached hydrogen (secondary N) is 1. The first-order valence-electron chi connectivity index (χ1n) is 7.56. The van der Waals surface area contributed by atoms with E-state index in [1.165, 1.54) is 0 Å². The second kappa shape index (κ2) is 5.45. The zero-order valence-corrected chi connectivity index (χ0v) is 13.6. The van der Waals surface area contributed by atoms with Crippen LogP contribution in [0.4, 0.5) is 11.9 Å². The molecule has 0 aliphatic carbocycles. The molecule has 1 aromatic heterocycles. The molecule has 0 spiro atoms. The summed E-state index contributed by atoms with van der Waals surface area (Å²) < 4.78 is 1.67. The quantitative estimate of drug-likeness (QED) is 0.847. The van der Waals surface area contributed by atoms with Crippen molar-refractivity contribution in [2.75, 3.05) is 10.2 Å². The van der Waals surface area contributed by atoms with Crippen LogP contribution in [-0.2, 0) is 9.59 Å². The van der Waals surface area contributed by atoms with E-state index in [1.807, 2.05) is 37.3 Å². The minimum Gasteiger partial charge on any atom is -0.329 e. The van der Waals surface area contributed by atoms with Gasteiger partial charge in [0.25, 0.3) is 5.95 Å². The monoisotopic (exact) mass is 343 g/mol. The zero-order valence-electron chi connectivity index (χ0n) is 12.9. The predicted octanol–water partition coefficient (Wildman–Crippen LogP) is 2.50. The van der Waals surface area contributed by atoms with Gasteiger partial charge in [-0.05, 0) is 30.7 Å². The van der Waals surface area contributed by atoms with Crippen molar-refractivity contribution in [1.29, 1.82) is 0 Å². The summed E-state index contributed by atoms with van der Waals surface area (Å²) in [5, 5.41) is 8.17. The molecule has 7 nitrogen and oxygen atoms in total. The molecule has 1 aromatic carbocycles. The molecule has 0 radical (unpaired) electrons. The van der Waals surface area contributed by atoms with Gasteiger partial charge in [-0.1, -0.05) is 23.7 Å². The van der Waals surface area contributed by atoms with E-state index in [9.17, 15) is 9.59 Å². The number of amides is 2. The van der Waals surface area contributed by atoms with Gasteiger partial charge in [0.15, 0.2) is 0 Å². The van der Waals surface area contributed by atoms with Crippen molar-refractivity contribution in [3.63, 3.8) is 0 Å². The molecule has 0 saturated carbocycles. The van der Waals surface area contributed by atoms with E-state index < -0.39 is 0 Å². The summed E-state index contributed by atoms with van der Waals surface area (Å²) in [7, 11) is 0. The number of nitrogens with zero attached hydrogens (tertiary/aromatic N) is 4. The van der Waals surface area contributed by atoms with Gasteiger partial charge < -0.3 is 5.32 Å². The van der Waals surface area contributed by atoms with Crippen molar-refractivity contribution in [3.05, 3.63) is 46.6 Å². The SMILES string of the molecule is CC1=C[C@H](c2ccc(Cl)cc2)n2nc(N3C(=O)CCC3=O)nc2N1. The fraction of sp³-hybridized carbons (Fsp3) is 0.250. The molecule has 1 saturated heterocycles. The second-order valence-corrected chi connectivity index (χ2v) is 6.21. The summed E-state index contributed by atoms with van der Waals surface area (Å²) in [5.74, 6) is 0.0795. The standard InChI is InChI=1S/C16H14ClN5O2/c1-9-8-12(10-2-4-11(17)5-3-10)22-15(18-9)19-16(20-22)21-13(23)6-7-14(21)24/h2-5,8,12H,6-7H2,1H3,(H,18,19,20)/t12-/m1/s1. The molecule has 2 aliphatic heterocycles. The number of allylic oxidation sites excluding steroid dienone is 2. The van der Waals surface area contributed by atoms with Crippen LogP contribution in [0, 0.1) is 0 Å². The molecule has 8 heteroatoms. The number of carbonyl (C=O) groups excluding carboxylic acids is 2. The lowest BCUT2D eigenvalue weighted by Gasteiger charge is -2.22. The largest absolute Gasteiger partial charge is 0.329 e. The number of halogens is 1. The topological polar surface area (TPSA) is 80.1 Å². The summed E-state index contributed by atoms with van der Waals surface area (Å²) in [6, 6.07) is 7.27. The Morgan fingerprint density at radius 3 is 2.50 bits per heavy atom. The Balaban J connectivity index is 1.77. The molecule has 24 heavy (non-hydrogen) atoms. The lowest BCUT2D eigenvalue weighted by atomic mass is 10.1. The van der Waals surface area contributed by atoms with Crippen LogP contribution in [0.2, 0.25) is 5.02 Å². The summed E-state index contributed by atoms with van der Waals surface area (Å²) in [6.07, 6.45) is 2.41. The predicted molar refractivity (Wildman–Crippen MR) is 88.7 cm³/mol. The Kier molecular flexibility index (Phi) is 3.38. The van der Waals surface area contributed by atoms with Gasteiger partial charge in [0.05, 0.1) is 0 Å². The van der Waals surface area contributed by atoms with Gasteiger partial charge in [0.1, 0.15) is 6.04 Å². The van der Waals surface area contributed by atoms with Crippen LogP contribution in [0.25, 0.3) is 0 Å². The second-order valence-electron chi connectivity index (χ2n) is 5.77. The summed E-state index contributed by atoms with van der Waals surface area (Å²) in [4.78, 5) is 29.2. The maximum Gasteiger partial charge on any atom is 0.260 e. The lowest BCUT2D eigenvalue weighted by Crippen LogP contribution is -2.29. The van der Waals surface area contributed by atoms with Gasteiger partial charge in [-0.25, -0.2) is 9.58 Å². The van der Waals surface area contributed by atoms with E-state index in [4.69, 9.17) is 11.6 Å². The maximum atomic E-state index is 11.9. The number of anilines is 2. The Labute approximate surface area is 142 Å². The Morgan fingerprint density at radius 2 is 1.83 bits per heavy atom. The number of hydrogen-bond donors (Lipinski definition) is 1. The highest BCUT2D eigenvalue weighted by atomic mass is 35.5. The smallest absolute Gasteiger partial charge is 0.260 e. The molecule has 0 unspecified atom stereocenters. The molecule has 3 heterocycles. The van der Waals surface area contributed by atoms with E-state index in [1.54, 1.807) is 4.68 Å². The highest BCUT2D eigenvalue weighted by molar-refractivity contribution is 6.30. The Morgan fingerprint density at radius 1 is 1.17 bits per heavy atom. The van der Waals surface area contributed by atoms with Crippen molar-refractivity contribution < 1.29 is 9.59 Å². The highest BCUT2D eigenvalue weighted by Crippen LogP contribution is 2.31. The van der Waals surface area contributed by atoms with Crippen LogP contribution in [0.3, 0.4) is 0 Å². The molecule has 1 fully saturated rings. The summed E-state index contributed by atoms with van der Waals surface area (Å²) in [6.45, 7) is 1.92. The maximum absolute atomic E-state index is 11.9. The number of hydrogen-bond acceptors (Lipinski definition) is 5. The molecule has 1 atom stereocenters. The van der Waals surface area contributed by atoms with E-state index >= 15 is 0 Å². The zero-order chi connectivity index (χ0) is 16.8. The minimum atomic E-state index is -0.268. The number of carbonyl (C=O) groups is 2. The number of fused-ring (bicyclic) bond motifs is 1. The molecule has 1 N–H and O–H groups in total. The first-order valence-corrected chi connectivity index (χ1v) is 7.94. The Bertz CT molecular complexity index is 855. The highest BCUT2D eigenvalue weighted by Gasteiger charge is 2.35. The molecule has 122 valence electrons. The van der Waals surface area contributed by atoms with Crippen LogP contribution in [0.1, 0.15) is 31.4 Å². The van der Waals surface area contributed by atoms with Crippen molar-refractivity contribution >= 4 is 35.3 Å².